The molecule has 2 N–H and O–H groups in total. The van der Waals surface area contributed by atoms with Crippen molar-refractivity contribution in [3.05, 3.63) is 36.0 Å². The van der Waals surface area contributed by atoms with Crippen LogP contribution < -0.4 is 5.32 Å². The second-order valence-electron chi connectivity index (χ2n) is 5.31. The third-order valence-electron chi connectivity index (χ3n) is 4.21. The molecule has 0 atom stereocenters. The number of hydrogen-bond donors (Lipinski definition) is 2. The lowest BCUT2D eigenvalue weighted by molar-refractivity contribution is 0.444. The summed E-state index contributed by atoms with van der Waals surface area (Å²) in [7, 11) is 0. The van der Waals surface area contributed by atoms with Gasteiger partial charge in [-0.2, -0.15) is 0 Å². The van der Waals surface area contributed by atoms with Crippen LogP contribution in [0.15, 0.2) is 30.5 Å². The molecule has 1 aliphatic rings. The summed E-state index contributed by atoms with van der Waals surface area (Å²) in [4.78, 5) is 3.26. The van der Waals surface area contributed by atoms with E-state index in [0.29, 0.717) is 5.41 Å². The Morgan fingerprint density at radius 3 is 2.94 bits per heavy atom. The number of hydrogen-bond acceptors (Lipinski definition) is 1. The first-order valence-electron chi connectivity index (χ1n) is 6.59. The summed E-state index contributed by atoms with van der Waals surface area (Å²) in [6.07, 6.45) is 6.15. The minimum Gasteiger partial charge on any atom is -0.361 e. The first-order valence-corrected chi connectivity index (χ1v) is 6.59. The highest BCUT2D eigenvalue weighted by molar-refractivity contribution is 5.82. The molecule has 1 aliphatic carbocycles. The van der Waals surface area contributed by atoms with Crippen LogP contribution in [-0.2, 0) is 6.54 Å². The predicted octanol–water partition coefficient (Wildman–Crippen LogP) is 3.45. The van der Waals surface area contributed by atoms with Crippen molar-refractivity contribution in [2.45, 2.75) is 32.7 Å². The maximum Gasteiger partial charge on any atom is 0.0457 e. The van der Waals surface area contributed by atoms with E-state index in [4.69, 9.17) is 0 Å². The van der Waals surface area contributed by atoms with Gasteiger partial charge in [0, 0.05) is 30.2 Å². The van der Waals surface area contributed by atoms with Crippen LogP contribution in [0, 0.1) is 5.41 Å². The standard InChI is InChI=1S/C15H20N2/c1-2-15(7-8-15)11-16-10-12-4-3-5-14-13(12)6-9-17-14/h3-6,9,16-17H,2,7-8,10-11H2,1H3. The molecule has 1 heterocycles. The van der Waals surface area contributed by atoms with Crippen molar-refractivity contribution in [1.82, 2.24) is 10.3 Å². The van der Waals surface area contributed by atoms with E-state index in [1.165, 1.54) is 42.3 Å². The summed E-state index contributed by atoms with van der Waals surface area (Å²) in [5.41, 5.74) is 3.27. The van der Waals surface area contributed by atoms with Gasteiger partial charge in [-0.1, -0.05) is 19.1 Å². The van der Waals surface area contributed by atoms with Gasteiger partial charge in [-0.05, 0) is 42.4 Å². The summed E-state index contributed by atoms with van der Waals surface area (Å²) >= 11 is 0. The summed E-state index contributed by atoms with van der Waals surface area (Å²) in [5.74, 6) is 0. The van der Waals surface area contributed by atoms with Gasteiger partial charge in [0.25, 0.3) is 0 Å². The van der Waals surface area contributed by atoms with Crippen LogP contribution in [0.4, 0.5) is 0 Å². The Kier molecular flexibility index (Phi) is 2.67. The van der Waals surface area contributed by atoms with Gasteiger partial charge in [-0.15, -0.1) is 0 Å². The van der Waals surface area contributed by atoms with Gasteiger partial charge < -0.3 is 10.3 Å². The SMILES string of the molecule is CCC1(CNCc2cccc3[nH]ccc23)CC1. The fraction of sp³-hybridized carbons (Fsp3) is 0.467. The number of fused-ring (bicyclic) bond motifs is 1. The van der Waals surface area contributed by atoms with E-state index in [1.807, 2.05) is 6.20 Å². The molecule has 0 saturated heterocycles. The Morgan fingerprint density at radius 2 is 2.18 bits per heavy atom. The molecule has 1 fully saturated rings. The molecule has 0 radical (unpaired) electrons. The first kappa shape index (κ1) is 10.8. The van der Waals surface area contributed by atoms with E-state index in [-0.39, 0.29) is 0 Å². The highest BCUT2D eigenvalue weighted by atomic mass is 14.9. The Labute approximate surface area is 102 Å². The summed E-state index contributed by atoms with van der Waals surface area (Å²) in [6.45, 7) is 4.46. The minimum atomic E-state index is 0.631. The summed E-state index contributed by atoms with van der Waals surface area (Å²) in [6, 6.07) is 8.64. The zero-order valence-corrected chi connectivity index (χ0v) is 10.4. The number of nitrogens with one attached hydrogen (secondary N) is 2. The number of H-pyrrole nitrogens is 1. The largest absolute Gasteiger partial charge is 0.361 e. The van der Waals surface area contributed by atoms with E-state index in [1.54, 1.807) is 0 Å². The maximum atomic E-state index is 3.62. The second kappa shape index (κ2) is 4.19. The van der Waals surface area contributed by atoms with E-state index in [2.05, 4.69) is 41.5 Å². The highest BCUT2D eigenvalue weighted by Gasteiger charge is 2.39. The van der Waals surface area contributed by atoms with Crippen molar-refractivity contribution >= 4 is 10.9 Å². The topological polar surface area (TPSA) is 27.8 Å². The molecule has 0 spiro atoms. The van der Waals surface area contributed by atoms with Gasteiger partial charge in [0.1, 0.15) is 0 Å². The lowest BCUT2D eigenvalue weighted by Crippen LogP contribution is -2.23. The Hall–Kier alpha value is -1.28. The second-order valence-corrected chi connectivity index (χ2v) is 5.31. The first-order chi connectivity index (χ1) is 8.33. The molecule has 17 heavy (non-hydrogen) atoms. The number of aromatic amines is 1. The van der Waals surface area contributed by atoms with Crippen molar-refractivity contribution in [1.29, 1.82) is 0 Å². The lowest BCUT2D eigenvalue weighted by Gasteiger charge is -2.13. The van der Waals surface area contributed by atoms with Crippen LogP contribution in [0.1, 0.15) is 31.7 Å². The van der Waals surface area contributed by atoms with Crippen LogP contribution in [0.25, 0.3) is 10.9 Å². The summed E-state index contributed by atoms with van der Waals surface area (Å²) in [5, 5.41) is 4.97. The maximum absolute atomic E-state index is 3.62. The monoisotopic (exact) mass is 228 g/mol. The normalized spacial score (nSPS) is 17.5. The fourth-order valence-electron chi connectivity index (χ4n) is 2.60. The molecule has 2 heteroatoms. The molecule has 0 unspecified atom stereocenters. The zero-order valence-electron chi connectivity index (χ0n) is 10.4. The van der Waals surface area contributed by atoms with E-state index in [9.17, 15) is 0 Å². The minimum absolute atomic E-state index is 0.631. The van der Waals surface area contributed by atoms with Gasteiger partial charge in [0.15, 0.2) is 0 Å². The van der Waals surface area contributed by atoms with Crippen molar-refractivity contribution in [3.8, 4) is 0 Å². The van der Waals surface area contributed by atoms with Crippen molar-refractivity contribution in [2.75, 3.05) is 6.54 Å². The average Bonchev–Trinajstić information content (AvgIpc) is 2.97. The number of aromatic nitrogens is 1. The van der Waals surface area contributed by atoms with Crippen LogP contribution >= 0.6 is 0 Å². The van der Waals surface area contributed by atoms with Crippen LogP contribution in [-0.4, -0.2) is 11.5 Å². The van der Waals surface area contributed by atoms with Crippen molar-refractivity contribution in [3.63, 3.8) is 0 Å². The average molecular weight is 228 g/mol. The Balaban J connectivity index is 1.66. The fourth-order valence-corrected chi connectivity index (χ4v) is 2.60. The van der Waals surface area contributed by atoms with Gasteiger partial charge >= 0.3 is 0 Å². The molecule has 3 rings (SSSR count). The smallest absolute Gasteiger partial charge is 0.0457 e. The molecule has 2 nitrogen and oxygen atoms in total. The van der Waals surface area contributed by atoms with Crippen molar-refractivity contribution < 1.29 is 0 Å². The molecular formula is C15H20N2. The Morgan fingerprint density at radius 1 is 1.29 bits per heavy atom. The number of rotatable bonds is 5. The lowest BCUT2D eigenvalue weighted by atomic mass is 10.0. The molecule has 2 aromatic rings. The molecule has 1 aromatic carbocycles. The zero-order chi connectivity index (χ0) is 11.7. The molecule has 1 saturated carbocycles. The molecule has 0 aliphatic heterocycles. The van der Waals surface area contributed by atoms with Gasteiger partial charge in [-0.25, -0.2) is 0 Å². The third kappa shape index (κ3) is 2.09. The van der Waals surface area contributed by atoms with Crippen LogP contribution in [0.2, 0.25) is 0 Å². The van der Waals surface area contributed by atoms with E-state index < -0.39 is 0 Å². The quantitative estimate of drug-likeness (QED) is 0.806. The molecular weight excluding hydrogens is 208 g/mol. The molecule has 90 valence electrons. The third-order valence-corrected chi connectivity index (χ3v) is 4.21. The highest BCUT2D eigenvalue weighted by Crippen LogP contribution is 2.47. The van der Waals surface area contributed by atoms with Crippen LogP contribution in [0.5, 0.6) is 0 Å². The summed E-state index contributed by atoms with van der Waals surface area (Å²) < 4.78 is 0. The van der Waals surface area contributed by atoms with Gasteiger partial charge in [0.2, 0.25) is 0 Å². The van der Waals surface area contributed by atoms with E-state index in [0.717, 1.165) is 6.54 Å². The molecule has 0 amide bonds. The van der Waals surface area contributed by atoms with Crippen molar-refractivity contribution in [2.24, 2.45) is 5.41 Å². The van der Waals surface area contributed by atoms with Gasteiger partial charge in [0.05, 0.1) is 0 Å². The predicted molar refractivity (Wildman–Crippen MR) is 72.0 cm³/mol. The Bertz CT molecular complexity index is 508. The van der Waals surface area contributed by atoms with Crippen LogP contribution in [0.3, 0.4) is 0 Å². The molecule has 0 bridgehead atoms. The van der Waals surface area contributed by atoms with E-state index >= 15 is 0 Å². The van der Waals surface area contributed by atoms with Gasteiger partial charge in [-0.3, -0.25) is 0 Å². The number of benzene rings is 1. The molecule has 1 aromatic heterocycles.